The molecule has 1 aromatic heterocycles. The van der Waals surface area contributed by atoms with Crippen molar-refractivity contribution in [3.63, 3.8) is 0 Å². The molecule has 0 bridgehead atoms. The van der Waals surface area contributed by atoms with Crippen LogP contribution in [0.25, 0.3) is 0 Å². The van der Waals surface area contributed by atoms with Gasteiger partial charge < -0.3 is 0 Å². The molecule has 1 heterocycles. The average Bonchev–Trinajstić information content (AvgIpc) is 2.05. The van der Waals surface area contributed by atoms with Crippen molar-refractivity contribution in [2.24, 2.45) is 0 Å². The Morgan fingerprint density at radius 1 is 1.27 bits per heavy atom. The van der Waals surface area contributed by atoms with Crippen LogP contribution in [0.3, 0.4) is 0 Å². The largest absolute Gasteiger partial charge is 0.241 e. The Kier molecular flexibility index (Phi) is 2.58. The summed E-state index contributed by atoms with van der Waals surface area (Å²) in [4.78, 5) is 8.41. The van der Waals surface area contributed by atoms with Gasteiger partial charge in [0.15, 0.2) is 0 Å². The van der Waals surface area contributed by atoms with Gasteiger partial charge in [0.25, 0.3) is 0 Å². The number of hydrogen-bond acceptors (Lipinski definition) is 2. The third-order valence-corrected chi connectivity index (χ3v) is 1.71. The van der Waals surface area contributed by atoms with Gasteiger partial charge in [0.1, 0.15) is 5.82 Å². The van der Waals surface area contributed by atoms with Gasteiger partial charge in [-0.1, -0.05) is 20.8 Å². The fraction of sp³-hybridized carbons (Fsp3) is 0.556. The maximum atomic E-state index is 4.21. The van der Waals surface area contributed by atoms with Gasteiger partial charge in [-0.15, -0.1) is 0 Å². The van der Waals surface area contributed by atoms with Crippen LogP contribution in [0.15, 0.2) is 12.4 Å². The van der Waals surface area contributed by atoms with Gasteiger partial charge in [-0.3, -0.25) is 0 Å². The van der Waals surface area contributed by atoms with Crippen molar-refractivity contribution in [3.8, 4) is 0 Å². The van der Waals surface area contributed by atoms with Gasteiger partial charge in [0.05, 0.1) is 0 Å². The molecule has 0 spiro atoms. The lowest BCUT2D eigenvalue weighted by Gasteiger charge is -2.03. The Morgan fingerprint density at radius 3 is 2.18 bits per heavy atom. The Labute approximate surface area is 67.7 Å². The van der Waals surface area contributed by atoms with E-state index in [1.165, 1.54) is 5.56 Å². The second kappa shape index (κ2) is 3.46. The fourth-order valence-corrected chi connectivity index (χ4v) is 0.845. The fourth-order valence-electron chi connectivity index (χ4n) is 0.845. The van der Waals surface area contributed by atoms with Crippen LogP contribution in [0.1, 0.15) is 38.1 Å². The highest BCUT2D eigenvalue weighted by molar-refractivity contribution is 5.09. The summed E-state index contributed by atoms with van der Waals surface area (Å²) in [6.07, 6.45) is 4.74. The first kappa shape index (κ1) is 8.18. The molecule has 0 aromatic carbocycles. The molecule has 0 radical (unpaired) electrons. The van der Waals surface area contributed by atoms with Crippen LogP contribution in [0.2, 0.25) is 0 Å². The summed E-state index contributed by atoms with van der Waals surface area (Å²) >= 11 is 0. The average molecular weight is 150 g/mol. The van der Waals surface area contributed by atoms with Crippen molar-refractivity contribution in [2.75, 3.05) is 0 Å². The van der Waals surface area contributed by atoms with Crippen molar-refractivity contribution < 1.29 is 0 Å². The second-order valence-corrected chi connectivity index (χ2v) is 2.94. The summed E-state index contributed by atoms with van der Waals surface area (Å²) in [5, 5.41) is 0. The lowest BCUT2D eigenvalue weighted by atomic mass is 10.1. The molecule has 0 aliphatic carbocycles. The molecule has 60 valence electrons. The van der Waals surface area contributed by atoms with E-state index >= 15 is 0 Å². The molecule has 2 heteroatoms. The summed E-state index contributed by atoms with van der Waals surface area (Å²) in [5.41, 5.74) is 1.21. The lowest BCUT2D eigenvalue weighted by Crippen LogP contribution is -1.95. The van der Waals surface area contributed by atoms with Gasteiger partial charge in [-0.25, -0.2) is 9.97 Å². The van der Waals surface area contributed by atoms with E-state index in [2.05, 4.69) is 30.7 Å². The van der Waals surface area contributed by atoms with Crippen molar-refractivity contribution in [2.45, 2.75) is 33.1 Å². The van der Waals surface area contributed by atoms with Crippen LogP contribution in [0, 0.1) is 0 Å². The molecule has 0 aliphatic heterocycles. The molecule has 0 N–H and O–H groups in total. The van der Waals surface area contributed by atoms with Crippen LogP contribution in [-0.4, -0.2) is 9.97 Å². The highest BCUT2D eigenvalue weighted by Crippen LogP contribution is 2.10. The minimum absolute atomic E-state index is 0.529. The van der Waals surface area contributed by atoms with Crippen LogP contribution >= 0.6 is 0 Å². The summed E-state index contributed by atoms with van der Waals surface area (Å²) in [6.45, 7) is 6.35. The number of aromatic nitrogens is 2. The van der Waals surface area contributed by atoms with Crippen molar-refractivity contribution >= 4 is 0 Å². The van der Waals surface area contributed by atoms with Gasteiger partial charge in [-0.05, 0) is 11.5 Å². The van der Waals surface area contributed by atoms with Gasteiger partial charge in [0, 0.05) is 18.8 Å². The predicted octanol–water partition coefficient (Wildman–Crippen LogP) is 2.16. The minimum atomic E-state index is 0.529. The van der Waals surface area contributed by atoms with E-state index in [0.717, 1.165) is 12.2 Å². The topological polar surface area (TPSA) is 25.8 Å². The van der Waals surface area contributed by atoms with Crippen LogP contribution in [0.4, 0.5) is 0 Å². The molecule has 0 saturated heterocycles. The molecular formula is C9H14N2. The molecular weight excluding hydrogens is 136 g/mol. The van der Waals surface area contributed by atoms with Crippen LogP contribution in [-0.2, 0) is 6.42 Å². The molecule has 1 aromatic rings. The SMILES string of the molecule is CCc1ncc(C(C)C)cn1. The summed E-state index contributed by atoms with van der Waals surface area (Å²) in [6, 6.07) is 0. The van der Waals surface area contributed by atoms with Gasteiger partial charge in [-0.2, -0.15) is 0 Å². The first-order valence-electron chi connectivity index (χ1n) is 4.04. The van der Waals surface area contributed by atoms with E-state index in [4.69, 9.17) is 0 Å². The Balaban J connectivity index is 2.83. The maximum Gasteiger partial charge on any atom is 0.127 e. The number of hydrogen-bond donors (Lipinski definition) is 0. The third kappa shape index (κ3) is 2.00. The van der Waals surface area contributed by atoms with Gasteiger partial charge in [0.2, 0.25) is 0 Å². The van der Waals surface area contributed by atoms with Crippen molar-refractivity contribution in [1.82, 2.24) is 9.97 Å². The van der Waals surface area contributed by atoms with E-state index in [1.54, 1.807) is 0 Å². The molecule has 11 heavy (non-hydrogen) atoms. The van der Waals surface area contributed by atoms with E-state index in [-0.39, 0.29) is 0 Å². The van der Waals surface area contributed by atoms with Crippen molar-refractivity contribution in [3.05, 3.63) is 23.8 Å². The zero-order valence-corrected chi connectivity index (χ0v) is 7.33. The molecule has 2 nitrogen and oxygen atoms in total. The Morgan fingerprint density at radius 2 is 1.82 bits per heavy atom. The monoisotopic (exact) mass is 150 g/mol. The smallest absolute Gasteiger partial charge is 0.127 e. The zero-order valence-electron chi connectivity index (χ0n) is 7.33. The molecule has 0 aliphatic rings. The highest BCUT2D eigenvalue weighted by Gasteiger charge is 1.98. The second-order valence-electron chi connectivity index (χ2n) is 2.94. The van der Waals surface area contributed by atoms with Crippen LogP contribution in [0.5, 0.6) is 0 Å². The maximum absolute atomic E-state index is 4.21. The third-order valence-electron chi connectivity index (χ3n) is 1.71. The molecule has 0 amide bonds. The van der Waals surface area contributed by atoms with E-state index in [9.17, 15) is 0 Å². The van der Waals surface area contributed by atoms with Gasteiger partial charge >= 0.3 is 0 Å². The summed E-state index contributed by atoms with van der Waals surface area (Å²) in [7, 11) is 0. The van der Waals surface area contributed by atoms with E-state index in [0.29, 0.717) is 5.92 Å². The molecule has 0 unspecified atom stereocenters. The number of nitrogens with zero attached hydrogens (tertiary/aromatic N) is 2. The zero-order chi connectivity index (χ0) is 8.27. The number of rotatable bonds is 2. The van der Waals surface area contributed by atoms with Crippen molar-refractivity contribution in [1.29, 1.82) is 0 Å². The van der Waals surface area contributed by atoms with E-state index < -0.39 is 0 Å². The molecule has 0 saturated carbocycles. The number of aryl methyl sites for hydroxylation is 1. The summed E-state index contributed by atoms with van der Waals surface area (Å²) < 4.78 is 0. The molecule has 0 atom stereocenters. The Bertz CT molecular complexity index is 214. The minimum Gasteiger partial charge on any atom is -0.241 e. The lowest BCUT2D eigenvalue weighted by molar-refractivity contribution is 0.825. The predicted molar refractivity (Wildman–Crippen MR) is 45.5 cm³/mol. The van der Waals surface area contributed by atoms with E-state index in [1.807, 2.05) is 12.4 Å². The highest BCUT2D eigenvalue weighted by atomic mass is 14.9. The van der Waals surface area contributed by atoms with Crippen LogP contribution < -0.4 is 0 Å². The summed E-state index contributed by atoms with van der Waals surface area (Å²) in [5.74, 6) is 1.45. The molecule has 0 fully saturated rings. The normalized spacial score (nSPS) is 10.5. The Hall–Kier alpha value is -0.920. The standard InChI is InChI=1S/C9H14N2/c1-4-9-10-5-8(6-11-9)7(2)3/h5-7H,4H2,1-3H3. The first-order chi connectivity index (χ1) is 5.24. The molecule has 1 rings (SSSR count). The quantitative estimate of drug-likeness (QED) is 0.645. The first-order valence-corrected chi connectivity index (χ1v) is 4.04.